The number of nitrogens with zero attached hydrogens (tertiary/aromatic N) is 8. The van der Waals surface area contributed by atoms with Gasteiger partial charge in [0.05, 0.1) is 53.2 Å². The predicted octanol–water partition coefficient (Wildman–Crippen LogP) is 2.29. The number of aryl methyl sites for hydroxylation is 1. The number of imidazole rings is 1. The summed E-state index contributed by atoms with van der Waals surface area (Å²) in [6.45, 7) is 7.22. The van der Waals surface area contributed by atoms with Gasteiger partial charge in [-0.05, 0) is 120 Å². The van der Waals surface area contributed by atoms with Crippen LogP contribution in [-0.2, 0) is 45.2 Å². The first-order valence-corrected chi connectivity index (χ1v) is 33.7. The third kappa shape index (κ3) is 15.1. The first-order chi connectivity index (χ1) is 51.5. The van der Waals surface area contributed by atoms with E-state index in [0.717, 1.165) is 58.1 Å². The van der Waals surface area contributed by atoms with E-state index in [0.29, 0.717) is 89.0 Å². The van der Waals surface area contributed by atoms with E-state index in [1.807, 2.05) is 37.4 Å². The van der Waals surface area contributed by atoms with Crippen LogP contribution in [0.4, 0.5) is 24.9 Å². The third-order valence-corrected chi connectivity index (χ3v) is 18.6. The topological polar surface area (TPSA) is 380 Å². The fourth-order valence-corrected chi connectivity index (χ4v) is 13.0. The smallest absolute Gasteiger partial charge is 0.323 e. The summed E-state index contributed by atoms with van der Waals surface area (Å²) < 4.78 is 17.4. The lowest BCUT2D eigenvalue weighted by atomic mass is 9.98. The number of hydrogen-bond donors (Lipinski definition) is 9. The second-order valence-corrected chi connectivity index (χ2v) is 25.8. The molecule has 31 nitrogen and oxygen atoms in total. The molecule has 0 saturated carbocycles. The lowest BCUT2D eigenvalue weighted by Gasteiger charge is -2.26. The Morgan fingerprint density at radius 1 is 0.542 bits per heavy atom. The molecule has 15 amide bonds. The molecule has 0 aliphatic carbocycles. The Bertz CT molecular complexity index is 5140. The van der Waals surface area contributed by atoms with E-state index < -0.39 is 52.4 Å². The summed E-state index contributed by atoms with van der Waals surface area (Å²) in [5, 5.41) is 23.3. The second-order valence-electron chi connectivity index (χ2n) is 25.8. The van der Waals surface area contributed by atoms with Crippen molar-refractivity contribution < 1.29 is 67.0 Å². The minimum absolute atomic E-state index is 0.0782. The molecule has 15 rings (SSSR count). The summed E-state index contributed by atoms with van der Waals surface area (Å²) >= 11 is 0. The number of carbonyl (C=O) groups excluding carboxylic acids is 11. The minimum atomic E-state index is -1.62. The van der Waals surface area contributed by atoms with Crippen molar-refractivity contribution in [2.45, 2.75) is 56.5 Å². The molecule has 542 valence electrons. The van der Waals surface area contributed by atoms with Crippen LogP contribution in [-0.4, -0.2) is 191 Å². The third-order valence-electron chi connectivity index (χ3n) is 18.6. The predicted molar refractivity (Wildman–Crippen MR) is 384 cm³/mol. The van der Waals surface area contributed by atoms with Gasteiger partial charge in [0.2, 0.25) is 22.5 Å². The molecular weight excluding hydrogens is 1370 g/mol. The maximum Gasteiger partial charge on any atom is 0.323 e. The molecule has 3 atom stereocenters. The molecule has 7 aromatic rings. The number of nitrogens with one attached hydrogen (secondary N) is 9. The Morgan fingerprint density at radius 3 is 1.43 bits per heavy atom. The number of aliphatic imine (C=N–C) groups is 1. The summed E-state index contributed by atoms with van der Waals surface area (Å²) in [5.41, 5.74) is 4.49. The van der Waals surface area contributed by atoms with Crippen LogP contribution in [0.3, 0.4) is 0 Å². The molecule has 4 fully saturated rings. The summed E-state index contributed by atoms with van der Waals surface area (Å²) in [5.74, 6) is 18.0. The molecule has 8 aliphatic rings. The SMILES string of the molecule is COc1ccc2c(c1)C(=O)N(C[C@@]1(C#Cc3ccc(-n4cnc(CCNC(C)=O)c4)nc3)NC(=O)NC1=O)C2.COc1ccc2c(c1)C(=O)N(C[C@@]1(C#Cc3ccc(C4=NCCN4)c(C)c3)NC(=O)NC1=O)C2.COc1ccc2c(c1)C(=O)N(C[C@@]1(C#Cc3ccc(N4CCNC4=O)cc3)NC(=O)NC1=O)C2. The molecule has 0 radical (unpaired) electrons. The van der Waals surface area contributed by atoms with Gasteiger partial charge in [-0.15, -0.1) is 0 Å². The lowest BCUT2D eigenvalue weighted by molar-refractivity contribution is -0.123. The largest absolute Gasteiger partial charge is 0.497 e. The summed E-state index contributed by atoms with van der Waals surface area (Å²) in [4.78, 5) is 156. The van der Waals surface area contributed by atoms with Crippen LogP contribution in [0.25, 0.3) is 5.82 Å². The minimum Gasteiger partial charge on any atom is -0.497 e. The van der Waals surface area contributed by atoms with Gasteiger partial charge in [0.15, 0.2) is 0 Å². The van der Waals surface area contributed by atoms with Gasteiger partial charge in [-0.25, -0.2) is 29.1 Å². The fraction of sp³-hybridized carbons (Fsp3) is 0.263. The number of imide groups is 3. The van der Waals surface area contributed by atoms with Crippen LogP contribution in [0.5, 0.6) is 17.2 Å². The number of hydrogen-bond acceptors (Lipinski definition) is 18. The Kier molecular flexibility index (Phi) is 19.8. The van der Waals surface area contributed by atoms with Crippen molar-refractivity contribution >= 4 is 77.0 Å². The van der Waals surface area contributed by atoms with E-state index in [1.165, 1.54) is 43.0 Å². The van der Waals surface area contributed by atoms with Gasteiger partial charge < -0.3 is 60.8 Å². The number of fused-ring (bicyclic) bond motifs is 3. The number of pyridine rings is 1. The highest BCUT2D eigenvalue weighted by Gasteiger charge is 2.51. The molecule has 8 aliphatic heterocycles. The van der Waals surface area contributed by atoms with Gasteiger partial charge in [-0.3, -0.25) is 64.0 Å². The van der Waals surface area contributed by atoms with E-state index in [-0.39, 0.29) is 62.4 Å². The van der Waals surface area contributed by atoms with Crippen LogP contribution >= 0.6 is 0 Å². The first-order valence-electron chi connectivity index (χ1n) is 33.7. The molecular formula is C76H69N17O14. The molecule has 0 bridgehead atoms. The van der Waals surface area contributed by atoms with E-state index in [2.05, 4.69) is 98.3 Å². The van der Waals surface area contributed by atoms with Gasteiger partial charge in [-0.1, -0.05) is 53.7 Å². The van der Waals surface area contributed by atoms with Crippen LogP contribution in [0.1, 0.15) is 88.2 Å². The Balaban J connectivity index is 0.000000142. The molecule has 2 aromatic heterocycles. The van der Waals surface area contributed by atoms with Crippen molar-refractivity contribution in [3.63, 3.8) is 0 Å². The summed E-state index contributed by atoms with van der Waals surface area (Å²) in [6.07, 6.45) is 5.59. The first kappa shape index (κ1) is 71.4. The Morgan fingerprint density at radius 2 is 1.02 bits per heavy atom. The van der Waals surface area contributed by atoms with Gasteiger partial charge in [0.25, 0.3) is 35.4 Å². The van der Waals surface area contributed by atoms with Crippen molar-refractivity contribution in [2.24, 2.45) is 4.99 Å². The highest BCUT2D eigenvalue weighted by molar-refractivity contribution is 6.12. The average Bonchev–Trinajstić information content (AvgIpc) is 1.62. The van der Waals surface area contributed by atoms with Crippen molar-refractivity contribution in [1.29, 1.82) is 0 Å². The molecule has 9 N–H and O–H groups in total. The molecule has 107 heavy (non-hydrogen) atoms. The second kappa shape index (κ2) is 29.7. The molecule has 0 unspecified atom stereocenters. The molecule has 10 heterocycles. The zero-order valence-electron chi connectivity index (χ0n) is 58.4. The zero-order valence-corrected chi connectivity index (χ0v) is 58.4. The van der Waals surface area contributed by atoms with E-state index in [1.54, 1.807) is 107 Å². The normalized spacial score (nSPS) is 19.7. The van der Waals surface area contributed by atoms with Crippen LogP contribution in [0.15, 0.2) is 133 Å². The van der Waals surface area contributed by atoms with Gasteiger partial charge in [0, 0.05) is 116 Å². The summed E-state index contributed by atoms with van der Waals surface area (Å²) in [7, 11) is 4.58. The number of methoxy groups -OCH3 is 3. The summed E-state index contributed by atoms with van der Waals surface area (Å²) in [6, 6.07) is 29.8. The monoisotopic (exact) mass is 1440 g/mol. The number of urea groups is 4. The number of benzene rings is 5. The van der Waals surface area contributed by atoms with Crippen molar-refractivity contribution in [3.05, 3.63) is 195 Å². The maximum absolute atomic E-state index is 13.1. The Hall–Kier alpha value is -14.0. The molecule has 0 spiro atoms. The van der Waals surface area contributed by atoms with E-state index in [9.17, 15) is 52.7 Å². The molecule has 31 heteroatoms. The number of anilines is 1. The van der Waals surface area contributed by atoms with E-state index in [4.69, 9.17) is 14.2 Å². The van der Waals surface area contributed by atoms with Gasteiger partial charge >= 0.3 is 24.1 Å². The number of amides is 15. The van der Waals surface area contributed by atoms with E-state index >= 15 is 0 Å². The van der Waals surface area contributed by atoms with Crippen LogP contribution < -0.4 is 67.0 Å². The van der Waals surface area contributed by atoms with Crippen molar-refractivity contribution in [3.8, 4) is 58.6 Å². The number of aromatic nitrogens is 3. The van der Waals surface area contributed by atoms with Crippen molar-refractivity contribution in [1.82, 2.24) is 77.1 Å². The maximum atomic E-state index is 13.1. The van der Waals surface area contributed by atoms with Gasteiger partial charge in [0.1, 0.15) is 35.2 Å². The number of rotatable bonds is 15. The van der Waals surface area contributed by atoms with Crippen molar-refractivity contribution in [2.75, 3.05) is 78.6 Å². The number of ether oxygens (including phenoxy) is 3. The highest BCUT2D eigenvalue weighted by Crippen LogP contribution is 2.33. The molecule has 5 aromatic carbocycles. The molecule has 4 saturated heterocycles. The standard InChI is InChI=1S/C27H25N7O5.C25H23N5O4.C24H21N5O5/c1-17(35)28-10-8-20-14-34(16-30-20)23-6-3-18(12-29-23)7-9-27(25(37)31-26(38)32-27)15-33-13-19-4-5-21(39-2)11-22(19)24(33)36;1-15-11-16(3-6-19(15)21-26-9-10-27-21)7-8-25(23(32)28-24(33)29-25)14-30-13-17-4-5-18(34-2)12-20(17)22(30)31;1-34-18-7-4-16-13-28(20(30)19(16)12-18)14-24(21(31)26-22(32)27-24)9-8-15-2-5-17(6-3-15)29-11-10-25-23(29)33/h3-6,11-12,14,16H,8,10,13,15H2,1-2H3,(H,28,35)(H2,31,32,37,38);3-6,11-12H,9-10,13-14H2,1-2H3,(H,26,27)(H2,28,29,32,33);2-7,12H,10-11,13-14H2,1H3,(H,25,33)(H2,26,27,31,32)/t27-;25-;24-/m111/s1. The average molecular weight is 1440 g/mol. The number of amidine groups is 1. The number of carbonyl (C=O) groups is 11. The van der Waals surface area contributed by atoms with Crippen LogP contribution in [0, 0.1) is 42.4 Å². The quantitative estimate of drug-likeness (QED) is 0.0525. The van der Waals surface area contributed by atoms with Gasteiger partial charge in [-0.2, -0.15) is 0 Å². The Labute approximate surface area is 611 Å². The zero-order chi connectivity index (χ0) is 75.3. The highest BCUT2D eigenvalue weighted by atomic mass is 16.5. The fourth-order valence-electron chi connectivity index (χ4n) is 13.0. The van der Waals surface area contributed by atoms with Crippen LogP contribution in [0.2, 0.25) is 0 Å². The lowest BCUT2D eigenvalue weighted by Crippen LogP contribution is -2.54.